The third-order valence-electron chi connectivity index (χ3n) is 3.94. The summed E-state index contributed by atoms with van der Waals surface area (Å²) >= 11 is 1.54. The average Bonchev–Trinajstić information content (AvgIpc) is 3.13. The van der Waals surface area contributed by atoms with Gasteiger partial charge in [-0.1, -0.05) is 0 Å². The summed E-state index contributed by atoms with van der Waals surface area (Å²) in [6.07, 6.45) is 4.16. The molecule has 1 aliphatic heterocycles. The van der Waals surface area contributed by atoms with Crippen LogP contribution >= 0.6 is 11.3 Å². The summed E-state index contributed by atoms with van der Waals surface area (Å²) in [4.78, 5) is 30.5. The molecule has 2 heterocycles. The van der Waals surface area contributed by atoms with Gasteiger partial charge in [0.05, 0.1) is 6.54 Å². The smallest absolute Gasteiger partial charge is 0.248 e. The number of hydrogen-bond acceptors (Lipinski definition) is 4. The van der Waals surface area contributed by atoms with Crippen LogP contribution in [0.25, 0.3) is 0 Å². The molecule has 5 nitrogen and oxygen atoms in total. The second-order valence-corrected chi connectivity index (χ2v) is 6.41. The predicted octanol–water partition coefficient (Wildman–Crippen LogP) is 1.16. The van der Waals surface area contributed by atoms with E-state index in [0.717, 1.165) is 17.8 Å². The normalized spacial score (nSPS) is 28.2. The molecule has 1 aromatic heterocycles. The Kier molecular flexibility index (Phi) is 3.05. The molecule has 6 heteroatoms. The Balaban J connectivity index is 1.83. The monoisotopic (exact) mass is 279 g/mol. The van der Waals surface area contributed by atoms with Gasteiger partial charge in [0.2, 0.25) is 11.8 Å². The van der Waals surface area contributed by atoms with E-state index in [-0.39, 0.29) is 11.8 Å². The first kappa shape index (κ1) is 12.6. The van der Waals surface area contributed by atoms with E-state index < -0.39 is 5.54 Å². The second kappa shape index (κ2) is 4.59. The van der Waals surface area contributed by atoms with Crippen LogP contribution in [0.5, 0.6) is 0 Å². The van der Waals surface area contributed by atoms with Gasteiger partial charge in [0.15, 0.2) is 0 Å². The van der Waals surface area contributed by atoms with Gasteiger partial charge >= 0.3 is 0 Å². The van der Waals surface area contributed by atoms with Crippen LogP contribution in [0, 0.1) is 5.92 Å². The minimum absolute atomic E-state index is 0.0237. The number of nitrogens with zero attached hydrogens (tertiary/aromatic N) is 2. The van der Waals surface area contributed by atoms with Crippen LogP contribution in [0.2, 0.25) is 0 Å². The molecule has 0 radical (unpaired) electrons. The van der Waals surface area contributed by atoms with Crippen molar-refractivity contribution in [1.82, 2.24) is 15.2 Å². The van der Waals surface area contributed by atoms with Gasteiger partial charge in [-0.15, -0.1) is 11.3 Å². The third kappa shape index (κ3) is 2.36. The summed E-state index contributed by atoms with van der Waals surface area (Å²) < 4.78 is 0. The van der Waals surface area contributed by atoms with E-state index in [9.17, 15) is 9.59 Å². The molecule has 1 aliphatic carbocycles. The molecule has 0 bridgehead atoms. The van der Waals surface area contributed by atoms with E-state index >= 15 is 0 Å². The Morgan fingerprint density at radius 1 is 1.53 bits per heavy atom. The molecule has 102 valence electrons. The summed E-state index contributed by atoms with van der Waals surface area (Å²) in [7, 11) is 0. The summed E-state index contributed by atoms with van der Waals surface area (Å²) in [6, 6.07) is 0. The molecule has 0 aromatic carbocycles. The Morgan fingerprint density at radius 3 is 2.95 bits per heavy atom. The van der Waals surface area contributed by atoms with E-state index in [0.29, 0.717) is 25.4 Å². The Labute approximate surface area is 116 Å². The van der Waals surface area contributed by atoms with Crippen LogP contribution in [0.3, 0.4) is 0 Å². The lowest BCUT2D eigenvalue weighted by molar-refractivity contribution is -0.139. The van der Waals surface area contributed by atoms with Crippen LogP contribution in [0.15, 0.2) is 11.6 Å². The highest BCUT2D eigenvalue weighted by Gasteiger charge is 2.51. The zero-order valence-electron chi connectivity index (χ0n) is 10.9. The molecule has 0 spiro atoms. The number of rotatable bonds is 3. The molecule has 1 atom stereocenters. The van der Waals surface area contributed by atoms with Gasteiger partial charge in [0, 0.05) is 24.5 Å². The van der Waals surface area contributed by atoms with E-state index in [1.54, 1.807) is 22.4 Å². The Hall–Kier alpha value is -1.43. The highest BCUT2D eigenvalue weighted by molar-refractivity contribution is 7.09. The third-order valence-corrected chi connectivity index (χ3v) is 4.71. The molecule has 2 amide bonds. The first-order valence-electron chi connectivity index (χ1n) is 6.58. The van der Waals surface area contributed by atoms with E-state index in [1.165, 1.54) is 0 Å². The zero-order chi connectivity index (χ0) is 13.5. The Bertz CT molecular complexity index is 498. The number of nitrogens with one attached hydrogen (secondary N) is 1. The summed E-state index contributed by atoms with van der Waals surface area (Å²) in [5, 5.41) is 5.75. The molecule has 3 rings (SSSR count). The fourth-order valence-electron chi connectivity index (χ4n) is 2.65. The number of aromatic nitrogens is 1. The summed E-state index contributed by atoms with van der Waals surface area (Å²) in [5.74, 6) is 0.307. The highest BCUT2D eigenvalue weighted by Crippen LogP contribution is 2.41. The maximum atomic E-state index is 12.7. The topological polar surface area (TPSA) is 62.3 Å². The highest BCUT2D eigenvalue weighted by atomic mass is 32.1. The minimum Gasteiger partial charge on any atom is -0.342 e. The van der Waals surface area contributed by atoms with Crippen LogP contribution in [-0.2, 0) is 16.1 Å². The van der Waals surface area contributed by atoms with Crippen molar-refractivity contribution in [2.75, 3.05) is 6.54 Å². The van der Waals surface area contributed by atoms with Crippen LogP contribution in [0.1, 0.15) is 31.2 Å². The van der Waals surface area contributed by atoms with Crippen molar-refractivity contribution in [1.29, 1.82) is 0 Å². The van der Waals surface area contributed by atoms with Crippen LogP contribution < -0.4 is 5.32 Å². The van der Waals surface area contributed by atoms with Gasteiger partial charge < -0.3 is 10.2 Å². The van der Waals surface area contributed by atoms with Crippen molar-refractivity contribution in [3.63, 3.8) is 0 Å². The van der Waals surface area contributed by atoms with Crippen molar-refractivity contribution in [3.05, 3.63) is 16.6 Å². The molecule has 19 heavy (non-hydrogen) atoms. The number of amides is 2. The maximum absolute atomic E-state index is 12.7. The lowest BCUT2D eigenvalue weighted by Crippen LogP contribution is -2.56. The summed E-state index contributed by atoms with van der Waals surface area (Å²) in [6.45, 7) is 2.85. The van der Waals surface area contributed by atoms with Gasteiger partial charge in [0.25, 0.3) is 0 Å². The lowest BCUT2D eigenvalue weighted by Gasteiger charge is -2.31. The fourth-order valence-corrected chi connectivity index (χ4v) is 3.29. The standard InChI is InChI=1S/C13H17N3O2S/c1-13(9-2-3-9)12(18)16(6-4-10(17)15-13)8-11-14-5-7-19-11/h5,7,9H,2-4,6,8H2,1H3,(H,15,17). The van der Waals surface area contributed by atoms with E-state index in [4.69, 9.17) is 0 Å². The van der Waals surface area contributed by atoms with E-state index in [1.807, 2.05) is 12.3 Å². The van der Waals surface area contributed by atoms with Crippen molar-refractivity contribution < 1.29 is 9.59 Å². The fraction of sp³-hybridized carbons (Fsp3) is 0.615. The quantitative estimate of drug-likeness (QED) is 0.903. The van der Waals surface area contributed by atoms with Crippen LogP contribution in [0.4, 0.5) is 0 Å². The Morgan fingerprint density at radius 2 is 2.32 bits per heavy atom. The predicted molar refractivity (Wildman–Crippen MR) is 71.4 cm³/mol. The number of carbonyl (C=O) groups is 2. The molecular formula is C13H17N3O2S. The van der Waals surface area contributed by atoms with Crippen molar-refractivity contribution in [3.8, 4) is 0 Å². The molecule has 1 unspecified atom stereocenters. The molecule has 1 saturated carbocycles. The van der Waals surface area contributed by atoms with Crippen LogP contribution in [-0.4, -0.2) is 33.8 Å². The summed E-state index contributed by atoms with van der Waals surface area (Å²) in [5.41, 5.74) is -0.717. The van der Waals surface area contributed by atoms with Gasteiger partial charge in [-0.05, 0) is 25.7 Å². The number of carbonyl (C=O) groups excluding carboxylic acids is 2. The first-order chi connectivity index (χ1) is 9.09. The molecule has 2 fully saturated rings. The average molecular weight is 279 g/mol. The molecule has 1 N–H and O–H groups in total. The SMILES string of the molecule is CC1(C2CC2)NC(=O)CCN(Cc2nccs2)C1=O. The van der Waals surface area contributed by atoms with Gasteiger partial charge in [-0.2, -0.15) is 0 Å². The molecule has 2 aliphatic rings. The second-order valence-electron chi connectivity index (χ2n) is 5.43. The van der Waals surface area contributed by atoms with Gasteiger partial charge in [0.1, 0.15) is 10.5 Å². The van der Waals surface area contributed by atoms with Crippen molar-refractivity contribution in [2.24, 2.45) is 5.92 Å². The molecular weight excluding hydrogens is 262 g/mol. The lowest BCUT2D eigenvalue weighted by atomic mass is 9.94. The van der Waals surface area contributed by atoms with E-state index in [2.05, 4.69) is 10.3 Å². The zero-order valence-corrected chi connectivity index (χ0v) is 11.7. The maximum Gasteiger partial charge on any atom is 0.248 e. The first-order valence-corrected chi connectivity index (χ1v) is 7.46. The van der Waals surface area contributed by atoms with Gasteiger partial charge in [-0.3, -0.25) is 9.59 Å². The minimum atomic E-state index is -0.717. The van der Waals surface area contributed by atoms with Crippen molar-refractivity contribution >= 4 is 23.2 Å². The molecule has 1 saturated heterocycles. The molecule has 1 aromatic rings. The largest absolute Gasteiger partial charge is 0.342 e. The number of hydrogen-bond donors (Lipinski definition) is 1. The number of thiazole rings is 1. The van der Waals surface area contributed by atoms with Gasteiger partial charge in [-0.25, -0.2) is 4.98 Å². The van der Waals surface area contributed by atoms with Crippen molar-refractivity contribution in [2.45, 2.75) is 38.3 Å².